The maximum Gasteiger partial charge on any atom is 0.227 e. The molecule has 3 heteroatoms. The minimum absolute atomic E-state index is 0.108. The van der Waals surface area contributed by atoms with Crippen molar-refractivity contribution in [1.82, 2.24) is 5.32 Å². The summed E-state index contributed by atoms with van der Waals surface area (Å²) in [5.41, 5.74) is -0.549. The SMILES string of the molecule is C#CC(C)NC(=O)C(C)(C)CCl. The van der Waals surface area contributed by atoms with E-state index in [4.69, 9.17) is 18.0 Å². The van der Waals surface area contributed by atoms with E-state index >= 15 is 0 Å². The Morgan fingerprint density at radius 1 is 1.75 bits per heavy atom. The first kappa shape index (κ1) is 11.3. The van der Waals surface area contributed by atoms with E-state index in [1.807, 2.05) is 0 Å². The molecule has 0 aliphatic carbocycles. The summed E-state index contributed by atoms with van der Waals surface area (Å²) in [6.07, 6.45) is 5.11. The van der Waals surface area contributed by atoms with Gasteiger partial charge in [0.2, 0.25) is 5.91 Å². The summed E-state index contributed by atoms with van der Waals surface area (Å²) in [7, 11) is 0. The monoisotopic (exact) mass is 187 g/mol. The Hall–Kier alpha value is -0.680. The van der Waals surface area contributed by atoms with Crippen molar-refractivity contribution in [3.05, 3.63) is 0 Å². The molecular weight excluding hydrogens is 174 g/mol. The van der Waals surface area contributed by atoms with Crippen LogP contribution in [0.4, 0.5) is 0 Å². The second-order valence-electron chi connectivity index (χ2n) is 3.38. The molecule has 1 N–H and O–H groups in total. The number of hydrogen-bond acceptors (Lipinski definition) is 1. The van der Waals surface area contributed by atoms with Gasteiger partial charge in [0.1, 0.15) is 0 Å². The quantitative estimate of drug-likeness (QED) is 0.525. The van der Waals surface area contributed by atoms with Gasteiger partial charge in [-0.1, -0.05) is 5.92 Å². The summed E-state index contributed by atoms with van der Waals surface area (Å²) in [4.78, 5) is 11.4. The Kier molecular flexibility index (Phi) is 4.12. The number of halogens is 1. The predicted molar refractivity (Wildman–Crippen MR) is 50.9 cm³/mol. The molecule has 0 aromatic heterocycles. The van der Waals surface area contributed by atoms with Gasteiger partial charge in [-0.05, 0) is 20.8 Å². The molecule has 0 spiro atoms. The van der Waals surface area contributed by atoms with Crippen LogP contribution in [-0.2, 0) is 4.79 Å². The number of rotatable bonds is 3. The predicted octanol–water partition coefficient (Wildman–Crippen LogP) is 1.39. The highest BCUT2D eigenvalue weighted by Crippen LogP contribution is 2.16. The Bertz CT molecular complexity index is 205. The first-order valence-electron chi connectivity index (χ1n) is 3.77. The fourth-order valence-electron chi connectivity index (χ4n) is 0.494. The normalized spacial score (nSPS) is 13.2. The zero-order chi connectivity index (χ0) is 9.78. The standard InChI is InChI=1S/C9H14ClNO/c1-5-7(2)11-8(12)9(3,4)6-10/h1,7H,6H2,2-4H3,(H,11,12). The molecule has 0 heterocycles. The number of amides is 1. The lowest BCUT2D eigenvalue weighted by atomic mass is 9.95. The number of hydrogen-bond donors (Lipinski definition) is 1. The number of nitrogens with one attached hydrogen (secondary N) is 1. The summed E-state index contributed by atoms with van der Waals surface area (Å²) in [6.45, 7) is 5.30. The van der Waals surface area contributed by atoms with Gasteiger partial charge in [0.15, 0.2) is 0 Å². The van der Waals surface area contributed by atoms with Crippen LogP contribution in [0.2, 0.25) is 0 Å². The highest BCUT2D eigenvalue weighted by Gasteiger charge is 2.26. The average molecular weight is 188 g/mol. The molecule has 0 bridgehead atoms. The molecule has 2 nitrogen and oxygen atoms in total. The molecule has 0 saturated heterocycles. The van der Waals surface area contributed by atoms with Gasteiger partial charge in [-0.2, -0.15) is 0 Å². The van der Waals surface area contributed by atoms with Gasteiger partial charge in [0, 0.05) is 5.88 Å². The lowest BCUT2D eigenvalue weighted by Gasteiger charge is -2.21. The van der Waals surface area contributed by atoms with E-state index in [-0.39, 0.29) is 17.8 Å². The third-order valence-corrected chi connectivity index (χ3v) is 2.21. The second-order valence-corrected chi connectivity index (χ2v) is 3.65. The largest absolute Gasteiger partial charge is 0.342 e. The summed E-state index contributed by atoms with van der Waals surface area (Å²) in [5, 5.41) is 2.66. The number of alkyl halides is 1. The maximum atomic E-state index is 11.4. The minimum Gasteiger partial charge on any atom is -0.342 e. The molecule has 68 valence electrons. The van der Waals surface area contributed by atoms with E-state index in [0.717, 1.165) is 0 Å². The smallest absolute Gasteiger partial charge is 0.227 e. The van der Waals surface area contributed by atoms with E-state index in [2.05, 4.69) is 11.2 Å². The van der Waals surface area contributed by atoms with Crippen molar-refractivity contribution in [1.29, 1.82) is 0 Å². The van der Waals surface area contributed by atoms with Crippen LogP contribution in [0.25, 0.3) is 0 Å². The van der Waals surface area contributed by atoms with Crippen LogP contribution in [0.5, 0.6) is 0 Å². The summed E-state index contributed by atoms with van der Waals surface area (Å²) in [5.74, 6) is 2.60. The molecule has 1 unspecified atom stereocenters. The van der Waals surface area contributed by atoms with Crippen molar-refractivity contribution in [3.8, 4) is 12.3 Å². The van der Waals surface area contributed by atoms with Crippen molar-refractivity contribution in [2.45, 2.75) is 26.8 Å². The number of terminal acetylenes is 1. The molecule has 0 radical (unpaired) electrons. The van der Waals surface area contributed by atoms with Crippen LogP contribution in [-0.4, -0.2) is 17.8 Å². The molecule has 1 amide bonds. The molecule has 0 fully saturated rings. The molecule has 0 aromatic rings. The van der Waals surface area contributed by atoms with Gasteiger partial charge in [0.25, 0.3) is 0 Å². The maximum absolute atomic E-state index is 11.4. The summed E-state index contributed by atoms with van der Waals surface area (Å²) in [6, 6.07) is -0.236. The average Bonchev–Trinajstić information content (AvgIpc) is 2.04. The molecule has 0 aliphatic heterocycles. The van der Waals surface area contributed by atoms with E-state index in [9.17, 15) is 4.79 Å². The van der Waals surface area contributed by atoms with Gasteiger partial charge >= 0.3 is 0 Å². The zero-order valence-electron chi connectivity index (χ0n) is 7.65. The summed E-state index contributed by atoms with van der Waals surface area (Å²) < 4.78 is 0. The molecule has 0 rings (SSSR count). The van der Waals surface area contributed by atoms with Crippen molar-refractivity contribution >= 4 is 17.5 Å². The third-order valence-electron chi connectivity index (χ3n) is 1.55. The lowest BCUT2D eigenvalue weighted by Crippen LogP contribution is -2.42. The number of carbonyl (C=O) groups excluding carboxylic acids is 1. The van der Waals surface area contributed by atoms with Crippen molar-refractivity contribution in [2.24, 2.45) is 5.41 Å². The van der Waals surface area contributed by atoms with Crippen LogP contribution >= 0.6 is 11.6 Å². The third kappa shape index (κ3) is 3.15. The minimum atomic E-state index is -0.549. The lowest BCUT2D eigenvalue weighted by molar-refractivity contribution is -0.128. The molecular formula is C9H14ClNO. The molecule has 1 atom stereocenters. The van der Waals surface area contributed by atoms with E-state index in [1.54, 1.807) is 20.8 Å². The first-order valence-corrected chi connectivity index (χ1v) is 4.30. The molecule has 0 aromatic carbocycles. The highest BCUT2D eigenvalue weighted by molar-refractivity contribution is 6.19. The molecule has 0 aliphatic rings. The van der Waals surface area contributed by atoms with Gasteiger partial charge in [-0.25, -0.2) is 0 Å². The zero-order valence-corrected chi connectivity index (χ0v) is 8.40. The van der Waals surface area contributed by atoms with Crippen LogP contribution in [0.1, 0.15) is 20.8 Å². The van der Waals surface area contributed by atoms with Crippen LogP contribution in [0, 0.1) is 17.8 Å². The molecule has 0 saturated carbocycles. The van der Waals surface area contributed by atoms with Crippen LogP contribution < -0.4 is 5.32 Å². The van der Waals surface area contributed by atoms with Crippen molar-refractivity contribution < 1.29 is 4.79 Å². The molecule has 12 heavy (non-hydrogen) atoms. The first-order chi connectivity index (χ1) is 5.44. The van der Waals surface area contributed by atoms with Gasteiger partial charge in [0.05, 0.1) is 11.5 Å². The topological polar surface area (TPSA) is 29.1 Å². The highest BCUT2D eigenvalue weighted by atomic mass is 35.5. The Morgan fingerprint density at radius 3 is 2.58 bits per heavy atom. The summed E-state index contributed by atoms with van der Waals surface area (Å²) >= 11 is 5.60. The van der Waals surface area contributed by atoms with Gasteiger partial charge in [-0.3, -0.25) is 4.79 Å². The van der Waals surface area contributed by atoms with E-state index in [0.29, 0.717) is 0 Å². The number of carbonyl (C=O) groups is 1. The van der Waals surface area contributed by atoms with Crippen molar-refractivity contribution in [3.63, 3.8) is 0 Å². The van der Waals surface area contributed by atoms with E-state index in [1.165, 1.54) is 0 Å². The van der Waals surface area contributed by atoms with Crippen LogP contribution in [0.3, 0.4) is 0 Å². The van der Waals surface area contributed by atoms with Gasteiger partial charge < -0.3 is 5.32 Å². The Labute approximate surface area is 78.7 Å². The fourth-order valence-corrected chi connectivity index (χ4v) is 0.616. The Morgan fingerprint density at radius 2 is 2.25 bits per heavy atom. The van der Waals surface area contributed by atoms with Crippen LogP contribution in [0.15, 0.2) is 0 Å². The second kappa shape index (κ2) is 4.37. The fraction of sp³-hybridized carbons (Fsp3) is 0.667. The van der Waals surface area contributed by atoms with Gasteiger partial charge in [-0.15, -0.1) is 18.0 Å². The Balaban J connectivity index is 4.15. The van der Waals surface area contributed by atoms with Crippen molar-refractivity contribution in [2.75, 3.05) is 5.88 Å². The van der Waals surface area contributed by atoms with E-state index < -0.39 is 5.41 Å².